The lowest BCUT2D eigenvalue weighted by Gasteiger charge is -2.04. The van der Waals surface area contributed by atoms with Gasteiger partial charge in [0.1, 0.15) is 0 Å². The summed E-state index contributed by atoms with van der Waals surface area (Å²) >= 11 is 0. The van der Waals surface area contributed by atoms with E-state index < -0.39 is 6.09 Å². The third-order valence-corrected chi connectivity index (χ3v) is 2.34. The van der Waals surface area contributed by atoms with E-state index in [1.807, 2.05) is 0 Å². The Morgan fingerprint density at radius 2 is 2.11 bits per heavy atom. The predicted molar refractivity (Wildman–Crippen MR) is 70.8 cm³/mol. The van der Waals surface area contributed by atoms with Crippen molar-refractivity contribution in [2.24, 2.45) is 12.8 Å². The molecule has 19 heavy (non-hydrogen) atoms. The van der Waals surface area contributed by atoms with Crippen molar-refractivity contribution in [1.29, 1.82) is 0 Å². The number of hydrogen-bond donors (Lipinski definition) is 2. The van der Waals surface area contributed by atoms with Crippen LogP contribution in [0, 0.1) is 6.92 Å². The maximum atomic E-state index is 10.8. The number of nitrogens with zero attached hydrogens (tertiary/aromatic N) is 4. The number of nitrogen functional groups attached to an aromatic ring is 1. The van der Waals surface area contributed by atoms with Crippen molar-refractivity contribution in [3.8, 4) is 17.3 Å². The van der Waals surface area contributed by atoms with Crippen LogP contribution in [0.25, 0.3) is 11.4 Å². The van der Waals surface area contributed by atoms with Gasteiger partial charge in [-0.2, -0.15) is 0 Å². The molecule has 0 fully saturated rings. The topological polar surface area (TPSA) is 122 Å². The summed E-state index contributed by atoms with van der Waals surface area (Å²) < 4.78 is 6.15. The lowest BCUT2D eigenvalue weighted by atomic mass is 10.2. The maximum Gasteiger partial charge on any atom is 0.411 e. The van der Waals surface area contributed by atoms with Crippen LogP contribution in [0.4, 0.5) is 10.5 Å². The van der Waals surface area contributed by atoms with E-state index in [0.717, 1.165) is 0 Å². The molecule has 0 atom stereocenters. The summed E-state index contributed by atoms with van der Waals surface area (Å²) in [5, 5.41) is 7.65. The minimum absolute atomic E-state index is 0. The SMILES string of the molecule is Cc1nc(-c2nnn(C)c2OC(N)=O)ccc1N.Cl. The molecule has 2 aromatic rings. The van der Waals surface area contributed by atoms with Crippen LogP contribution in [-0.4, -0.2) is 26.1 Å². The molecule has 0 aliphatic heterocycles. The molecule has 0 saturated carbocycles. The Kier molecular flexibility index (Phi) is 4.28. The van der Waals surface area contributed by atoms with Crippen LogP contribution >= 0.6 is 12.4 Å². The first-order valence-corrected chi connectivity index (χ1v) is 5.09. The summed E-state index contributed by atoms with van der Waals surface area (Å²) in [5.74, 6) is 0.138. The van der Waals surface area contributed by atoms with E-state index in [0.29, 0.717) is 22.8 Å². The van der Waals surface area contributed by atoms with Crippen molar-refractivity contribution in [1.82, 2.24) is 20.0 Å². The molecular formula is C10H13ClN6O2. The molecule has 0 aliphatic carbocycles. The Hall–Kier alpha value is -2.35. The molecule has 102 valence electrons. The third-order valence-electron chi connectivity index (χ3n) is 2.34. The second-order valence-corrected chi connectivity index (χ2v) is 3.66. The molecule has 2 aromatic heterocycles. The number of anilines is 1. The van der Waals surface area contributed by atoms with Gasteiger partial charge in [-0.3, -0.25) is 0 Å². The van der Waals surface area contributed by atoms with Gasteiger partial charge in [0, 0.05) is 7.05 Å². The van der Waals surface area contributed by atoms with Gasteiger partial charge in [0.2, 0.25) is 0 Å². The highest BCUT2D eigenvalue weighted by Crippen LogP contribution is 2.26. The number of primary amides is 1. The van der Waals surface area contributed by atoms with Crippen molar-refractivity contribution in [3.05, 3.63) is 17.8 Å². The standard InChI is InChI=1S/C10H12N6O2.ClH/c1-5-6(11)3-4-7(13-5)8-9(18-10(12)17)16(2)15-14-8;/h3-4H,11H2,1-2H3,(H2,12,17);1H. The normalized spacial score (nSPS) is 9.79. The summed E-state index contributed by atoms with van der Waals surface area (Å²) in [6.07, 6.45) is -0.936. The molecule has 0 spiro atoms. The highest BCUT2D eigenvalue weighted by molar-refractivity contribution is 5.85. The van der Waals surface area contributed by atoms with E-state index in [9.17, 15) is 4.79 Å². The van der Waals surface area contributed by atoms with Crippen molar-refractivity contribution < 1.29 is 9.53 Å². The van der Waals surface area contributed by atoms with Crippen molar-refractivity contribution in [3.63, 3.8) is 0 Å². The van der Waals surface area contributed by atoms with Gasteiger partial charge in [0.05, 0.1) is 17.1 Å². The number of carbonyl (C=O) groups excluding carboxylic acids is 1. The Morgan fingerprint density at radius 3 is 2.68 bits per heavy atom. The Labute approximate surface area is 115 Å². The molecule has 9 heteroatoms. The van der Waals surface area contributed by atoms with E-state index >= 15 is 0 Å². The molecule has 2 heterocycles. The molecule has 1 amide bonds. The van der Waals surface area contributed by atoms with E-state index in [1.165, 1.54) is 4.68 Å². The summed E-state index contributed by atoms with van der Waals surface area (Å²) in [6, 6.07) is 3.36. The minimum Gasteiger partial charge on any atom is -0.397 e. The van der Waals surface area contributed by atoms with Crippen LogP contribution in [0.1, 0.15) is 5.69 Å². The maximum absolute atomic E-state index is 10.8. The molecule has 0 radical (unpaired) electrons. The number of aryl methyl sites for hydroxylation is 2. The minimum atomic E-state index is -0.936. The van der Waals surface area contributed by atoms with Gasteiger partial charge in [-0.05, 0) is 19.1 Å². The molecule has 4 N–H and O–H groups in total. The quantitative estimate of drug-likeness (QED) is 0.835. The number of halogens is 1. The average Bonchev–Trinajstić information content (AvgIpc) is 2.64. The van der Waals surface area contributed by atoms with Crippen molar-refractivity contribution >= 4 is 24.2 Å². The first kappa shape index (κ1) is 14.7. The van der Waals surface area contributed by atoms with E-state index in [1.54, 1.807) is 26.1 Å². The number of rotatable bonds is 2. The van der Waals surface area contributed by atoms with Gasteiger partial charge in [-0.1, -0.05) is 5.21 Å². The zero-order valence-electron chi connectivity index (χ0n) is 10.3. The fourth-order valence-corrected chi connectivity index (χ4v) is 1.42. The number of carbonyl (C=O) groups is 1. The molecule has 8 nitrogen and oxygen atoms in total. The molecule has 0 aromatic carbocycles. The first-order valence-electron chi connectivity index (χ1n) is 5.09. The lowest BCUT2D eigenvalue weighted by Crippen LogP contribution is -2.18. The van der Waals surface area contributed by atoms with Crippen LogP contribution in [-0.2, 0) is 7.05 Å². The Morgan fingerprint density at radius 1 is 1.42 bits per heavy atom. The number of hydrogen-bond acceptors (Lipinski definition) is 6. The van der Waals surface area contributed by atoms with Gasteiger partial charge < -0.3 is 16.2 Å². The highest BCUT2D eigenvalue weighted by atomic mass is 35.5. The number of amides is 1. The Bertz CT molecular complexity index is 612. The van der Waals surface area contributed by atoms with Gasteiger partial charge >= 0.3 is 6.09 Å². The molecule has 0 saturated heterocycles. The molecule has 0 aliphatic rings. The van der Waals surface area contributed by atoms with Gasteiger partial charge in [-0.15, -0.1) is 17.5 Å². The van der Waals surface area contributed by atoms with Gasteiger partial charge in [-0.25, -0.2) is 14.5 Å². The molecular weight excluding hydrogens is 272 g/mol. The molecule has 0 unspecified atom stereocenters. The van der Waals surface area contributed by atoms with E-state index in [-0.39, 0.29) is 18.3 Å². The average molecular weight is 285 g/mol. The zero-order valence-corrected chi connectivity index (χ0v) is 11.1. The smallest absolute Gasteiger partial charge is 0.397 e. The molecule has 2 rings (SSSR count). The number of ether oxygens (including phenoxy) is 1. The third kappa shape index (κ3) is 2.91. The number of aromatic nitrogens is 4. The van der Waals surface area contributed by atoms with Crippen molar-refractivity contribution in [2.45, 2.75) is 6.92 Å². The van der Waals surface area contributed by atoms with Crippen LogP contribution < -0.4 is 16.2 Å². The fraction of sp³-hybridized carbons (Fsp3) is 0.200. The van der Waals surface area contributed by atoms with Crippen molar-refractivity contribution in [2.75, 3.05) is 5.73 Å². The van der Waals surface area contributed by atoms with Crippen LogP contribution in [0.15, 0.2) is 12.1 Å². The summed E-state index contributed by atoms with van der Waals surface area (Å²) in [4.78, 5) is 15.1. The predicted octanol–water partition coefficient (Wildman–Crippen LogP) is 0.647. The van der Waals surface area contributed by atoms with Crippen LogP contribution in [0.3, 0.4) is 0 Å². The number of pyridine rings is 1. The summed E-state index contributed by atoms with van der Waals surface area (Å²) in [7, 11) is 1.58. The van der Waals surface area contributed by atoms with E-state index in [4.69, 9.17) is 16.2 Å². The zero-order chi connectivity index (χ0) is 13.3. The van der Waals surface area contributed by atoms with Gasteiger partial charge in [0.25, 0.3) is 5.88 Å². The fourth-order valence-electron chi connectivity index (χ4n) is 1.42. The van der Waals surface area contributed by atoms with Gasteiger partial charge in [0.15, 0.2) is 5.69 Å². The second-order valence-electron chi connectivity index (χ2n) is 3.66. The highest BCUT2D eigenvalue weighted by Gasteiger charge is 2.18. The summed E-state index contributed by atoms with van der Waals surface area (Å²) in [5.41, 5.74) is 12.7. The first-order chi connectivity index (χ1) is 8.49. The lowest BCUT2D eigenvalue weighted by molar-refractivity contribution is 0.207. The van der Waals surface area contributed by atoms with Crippen LogP contribution in [0.2, 0.25) is 0 Å². The monoisotopic (exact) mass is 284 g/mol. The number of nitrogens with two attached hydrogens (primary N) is 2. The van der Waals surface area contributed by atoms with E-state index in [2.05, 4.69) is 15.3 Å². The van der Waals surface area contributed by atoms with Crippen LogP contribution in [0.5, 0.6) is 5.88 Å². The molecule has 0 bridgehead atoms. The summed E-state index contributed by atoms with van der Waals surface area (Å²) in [6.45, 7) is 1.77. The largest absolute Gasteiger partial charge is 0.411 e. The second kappa shape index (κ2) is 5.53. The Balaban J connectivity index is 0.00000180.